The normalized spacial score (nSPS) is 9.96. The monoisotopic (exact) mass is 341 g/mol. The number of carbonyl (C=O) groups excluding carboxylic acids is 3. The van der Waals surface area contributed by atoms with Crippen LogP contribution in [0.1, 0.15) is 18.4 Å². The summed E-state index contributed by atoms with van der Waals surface area (Å²) in [6.45, 7) is -0.162. The summed E-state index contributed by atoms with van der Waals surface area (Å²) in [6, 6.07) is 4.12. The van der Waals surface area contributed by atoms with E-state index in [4.69, 9.17) is 9.47 Å². The summed E-state index contributed by atoms with van der Waals surface area (Å²) in [6.07, 6.45) is 0.466. The molecule has 24 heavy (non-hydrogen) atoms. The zero-order chi connectivity index (χ0) is 17.9. The molecule has 0 bridgehead atoms. The Morgan fingerprint density at radius 2 is 1.92 bits per heavy atom. The highest BCUT2D eigenvalue weighted by Crippen LogP contribution is 2.18. The van der Waals surface area contributed by atoms with Gasteiger partial charge >= 0.3 is 11.9 Å². The molecule has 0 heterocycles. The first-order valence-corrected chi connectivity index (χ1v) is 7.27. The minimum absolute atomic E-state index is 0.0819. The Hall–Kier alpha value is -2.64. The van der Waals surface area contributed by atoms with E-state index in [1.165, 1.54) is 32.4 Å². The molecule has 1 aromatic rings. The van der Waals surface area contributed by atoms with Crippen molar-refractivity contribution >= 4 is 17.8 Å². The second kappa shape index (κ2) is 10.2. The van der Waals surface area contributed by atoms with E-state index in [-0.39, 0.29) is 31.1 Å². The van der Waals surface area contributed by atoms with Crippen LogP contribution >= 0.6 is 0 Å². The molecule has 0 spiro atoms. The summed E-state index contributed by atoms with van der Waals surface area (Å²) in [5, 5.41) is 2.51. The maximum atomic E-state index is 13.5. The van der Waals surface area contributed by atoms with Crippen LogP contribution in [0.2, 0.25) is 0 Å². The molecule has 0 saturated carbocycles. The van der Waals surface area contributed by atoms with Gasteiger partial charge in [-0.3, -0.25) is 14.4 Å². The second-order valence-electron chi connectivity index (χ2n) is 4.84. The van der Waals surface area contributed by atoms with Crippen LogP contribution in [0.3, 0.4) is 0 Å². The van der Waals surface area contributed by atoms with E-state index in [1.807, 2.05) is 0 Å². The summed E-state index contributed by atoms with van der Waals surface area (Å²) in [7, 11) is 2.63. The van der Waals surface area contributed by atoms with Crippen molar-refractivity contribution in [3.63, 3.8) is 0 Å². The van der Waals surface area contributed by atoms with Gasteiger partial charge in [-0.15, -0.1) is 0 Å². The molecule has 0 aliphatic heterocycles. The fraction of sp³-hybridized carbons (Fsp3) is 0.438. The number of benzene rings is 1. The number of halogens is 1. The number of hydrogen-bond donors (Lipinski definition) is 1. The van der Waals surface area contributed by atoms with Crippen LogP contribution in [0.15, 0.2) is 18.2 Å². The fourth-order valence-electron chi connectivity index (χ4n) is 1.80. The molecule has 0 aliphatic carbocycles. The predicted octanol–water partition coefficient (Wildman–Crippen LogP) is 0.989. The molecule has 0 unspecified atom stereocenters. The molecule has 7 nitrogen and oxygen atoms in total. The van der Waals surface area contributed by atoms with Gasteiger partial charge in [0, 0.05) is 13.0 Å². The quantitative estimate of drug-likeness (QED) is 0.532. The Morgan fingerprint density at radius 1 is 1.17 bits per heavy atom. The lowest BCUT2D eigenvalue weighted by atomic mass is 10.1. The van der Waals surface area contributed by atoms with Crippen LogP contribution < -0.4 is 10.1 Å². The molecule has 0 atom stereocenters. The van der Waals surface area contributed by atoms with E-state index < -0.39 is 24.3 Å². The molecule has 1 rings (SSSR count). The van der Waals surface area contributed by atoms with Crippen molar-refractivity contribution in [2.24, 2.45) is 0 Å². The van der Waals surface area contributed by atoms with Crippen molar-refractivity contribution in [2.75, 3.05) is 27.4 Å². The van der Waals surface area contributed by atoms with Crippen LogP contribution in [-0.2, 0) is 30.3 Å². The Morgan fingerprint density at radius 3 is 2.54 bits per heavy atom. The molecular weight excluding hydrogens is 321 g/mol. The van der Waals surface area contributed by atoms with Gasteiger partial charge in [-0.1, -0.05) is 6.07 Å². The van der Waals surface area contributed by atoms with Crippen LogP contribution in [0.4, 0.5) is 4.39 Å². The maximum absolute atomic E-state index is 13.5. The van der Waals surface area contributed by atoms with Gasteiger partial charge in [0.1, 0.15) is 0 Å². The van der Waals surface area contributed by atoms with Crippen molar-refractivity contribution in [1.82, 2.24) is 5.32 Å². The van der Waals surface area contributed by atoms with E-state index in [9.17, 15) is 18.8 Å². The first kappa shape index (κ1) is 19.4. The first-order chi connectivity index (χ1) is 11.5. The van der Waals surface area contributed by atoms with Gasteiger partial charge in [-0.2, -0.15) is 0 Å². The summed E-state index contributed by atoms with van der Waals surface area (Å²) in [4.78, 5) is 34.0. The number of rotatable bonds is 9. The highest BCUT2D eigenvalue weighted by Gasteiger charge is 2.11. The zero-order valence-corrected chi connectivity index (χ0v) is 13.6. The summed E-state index contributed by atoms with van der Waals surface area (Å²) in [5.74, 6) is -1.98. The number of methoxy groups -OCH3 is 2. The lowest BCUT2D eigenvalue weighted by Gasteiger charge is -2.07. The van der Waals surface area contributed by atoms with Crippen molar-refractivity contribution in [2.45, 2.75) is 19.3 Å². The van der Waals surface area contributed by atoms with Crippen LogP contribution in [-0.4, -0.2) is 45.2 Å². The van der Waals surface area contributed by atoms with Gasteiger partial charge in [0.05, 0.1) is 20.6 Å². The van der Waals surface area contributed by atoms with E-state index in [1.54, 1.807) is 0 Å². The van der Waals surface area contributed by atoms with Crippen molar-refractivity contribution in [3.8, 4) is 5.75 Å². The van der Waals surface area contributed by atoms with Crippen LogP contribution in [0, 0.1) is 5.82 Å². The number of esters is 2. The number of carbonyl (C=O) groups is 3. The van der Waals surface area contributed by atoms with Gasteiger partial charge < -0.3 is 19.5 Å². The molecule has 0 radical (unpaired) electrons. The van der Waals surface area contributed by atoms with Gasteiger partial charge in [-0.05, 0) is 24.1 Å². The van der Waals surface area contributed by atoms with E-state index in [0.717, 1.165) is 0 Å². The minimum atomic E-state index is -0.649. The van der Waals surface area contributed by atoms with Gasteiger partial charge in [0.2, 0.25) is 0 Å². The number of hydrogen-bond acceptors (Lipinski definition) is 6. The molecule has 132 valence electrons. The molecule has 0 aliphatic rings. The topological polar surface area (TPSA) is 90.9 Å². The average molecular weight is 341 g/mol. The van der Waals surface area contributed by atoms with Crippen LogP contribution in [0.5, 0.6) is 5.75 Å². The molecule has 0 aromatic heterocycles. The minimum Gasteiger partial charge on any atom is -0.494 e. The Kier molecular flexibility index (Phi) is 8.24. The zero-order valence-electron chi connectivity index (χ0n) is 13.6. The summed E-state index contributed by atoms with van der Waals surface area (Å²) < 4.78 is 27.5. The molecule has 1 aromatic carbocycles. The highest BCUT2D eigenvalue weighted by atomic mass is 19.1. The van der Waals surface area contributed by atoms with Gasteiger partial charge in [0.25, 0.3) is 5.91 Å². The Labute approximate surface area is 139 Å². The van der Waals surface area contributed by atoms with Crippen molar-refractivity contribution in [3.05, 3.63) is 29.6 Å². The third kappa shape index (κ3) is 7.08. The lowest BCUT2D eigenvalue weighted by Crippen LogP contribution is -2.30. The largest absolute Gasteiger partial charge is 0.494 e. The van der Waals surface area contributed by atoms with E-state index in [2.05, 4.69) is 10.1 Å². The molecule has 8 heteroatoms. The van der Waals surface area contributed by atoms with Crippen molar-refractivity contribution in [1.29, 1.82) is 0 Å². The predicted molar refractivity (Wildman–Crippen MR) is 81.9 cm³/mol. The Bertz CT molecular complexity index is 590. The summed E-state index contributed by atoms with van der Waals surface area (Å²) >= 11 is 0. The molecular formula is C16H20FNO6. The molecule has 0 fully saturated rings. The Balaban J connectivity index is 2.27. The fourth-order valence-corrected chi connectivity index (χ4v) is 1.80. The standard InChI is InChI=1S/C16H20FNO6/c1-22-13-6-5-11(8-12(13)17)9-16(21)24-10-14(19)18-7-3-4-15(20)23-2/h5-6,8H,3-4,7,9-10H2,1-2H3,(H,18,19). The number of amides is 1. The SMILES string of the molecule is COC(=O)CCCNC(=O)COC(=O)Cc1ccc(OC)c(F)c1. The molecule has 1 amide bonds. The maximum Gasteiger partial charge on any atom is 0.310 e. The molecule has 1 N–H and O–H groups in total. The number of nitrogens with one attached hydrogen (secondary N) is 1. The van der Waals surface area contributed by atoms with Crippen LogP contribution in [0.25, 0.3) is 0 Å². The number of ether oxygens (including phenoxy) is 3. The van der Waals surface area contributed by atoms with E-state index >= 15 is 0 Å². The average Bonchev–Trinajstić information content (AvgIpc) is 2.56. The van der Waals surface area contributed by atoms with Crippen molar-refractivity contribution < 1.29 is 33.0 Å². The second-order valence-corrected chi connectivity index (χ2v) is 4.84. The smallest absolute Gasteiger partial charge is 0.310 e. The van der Waals surface area contributed by atoms with E-state index in [0.29, 0.717) is 12.0 Å². The summed E-state index contributed by atoms with van der Waals surface area (Å²) in [5.41, 5.74) is 0.414. The highest BCUT2D eigenvalue weighted by molar-refractivity contribution is 5.81. The third-order valence-electron chi connectivity index (χ3n) is 3.04. The lowest BCUT2D eigenvalue weighted by molar-refractivity contribution is -0.147. The molecule has 0 saturated heterocycles. The third-order valence-corrected chi connectivity index (χ3v) is 3.04. The first-order valence-electron chi connectivity index (χ1n) is 7.27. The van der Waals surface area contributed by atoms with Gasteiger partial charge in [-0.25, -0.2) is 4.39 Å². The van der Waals surface area contributed by atoms with Gasteiger partial charge in [0.15, 0.2) is 18.2 Å².